The number of anilines is 1. The van der Waals surface area contributed by atoms with Crippen molar-refractivity contribution in [1.82, 2.24) is 0 Å². The molecule has 1 atom stereocenters. The van der Waals surface area contributed by atoms with Gasteiger partial charge in [0.25, 0.3) is 0 Å². The lowest BCUT2D eigenvalue weighted by molar-refractivity contribution is 0.221. The van der Waals surface area contributed by atoms with Crippen LogP contribution in [0.15, 0.2) is 48.5 Å². The summed E-state index contributed by atoms with van der Waals surface area (Å²) in [6, 6.07) is 15.4. The number of hydrogen-bond acceptors (Lipinski definition) is 2. The summed E-state index contributed by atoms with van der Waals surface area (Å²) < 4.78 is 0. The van der Waals surface area contributed by atoms with E-state index < -0.39 is 6.10 Å². The van der Waals surface area contributed by atoms with Gasteiger partial charge in [-0.2, -0.15) is 0 Å². The van der Waals surface area contributed by atoms with E-state index in [4.69, 9.17) is 5.73 Å². The molecule has 0 bridgehead atoms. The van der Waals surface area contributed by atoms with E-state index in [0.717, 1.165) is 17.5 Å². The summed E-state index contributed by atoms with van der Waals surface area (Å²) in [6.45, 7) is 2.10. The minimum absolute atomic E-state index is 0.627. The Morgan fingerprint density at radius 2 is 1.88 bits per heavy atom. The number of hydrogen-bond donors (Lipinski definition) is 2. The summed E-state index contributed by atoms with van der Waals surface area (Å²) in [4.78, 5) is 0. The molecule has 0 fully saturated rings. The zero-order valence-corrected chi connectivity index (χ0v) is 9.93. The molecule has 2 nitrogen and oxygen atoms in total. The van der Waals surface area contributed by atoms with Crippen molar-refractivity contribution in [2.45, 2.75) is 19.4 Å². The molecule has 0 saturated carbocycles. The molecule has 2 aromatic carbocycles. The summed E-state index contributed by atoms with van der Waals surface area (Å²) in [5.41, 5.74) is 9.37. The molecule has 0 saturated heterocycles. The van der Waals surface area contributed by atoms with Crippen LogP contribution in [0.4, 0.5) is 5.69 Å². The highest BCUT2D eigenvalue weighted by molar-refractivity contribution is 5.50. The Balaban J connectivity index is 2.37. The van der Waals surface area contributed by atoms with E-state index >= 15 is 0 Å². The number of aliphatic hydroxyl groups is 1. The molecule has 88 valence electrons. The van der Waals surface area contributed by atoms with Gasteiger partial charge in [-0.05, 0) is 23.6 Å². The first kappa shape index (κ1) is 11.7. The number of benzene rings is 2. The number of nitrogens with two attached hydrogens (primary N) is 1. The van der Waals surface area contributed by atoms with Gasteiger partial charge in [-0.15, -0.1) is 0 Å². The van der Waals surface area contributed by atoms with E-state index in [1.54, 1.807) is 0 Å². The van der Waals surface area contributed by atoms with Gasteiger partial charge >= 0.3 is 0 Å². The van der Waals surface area contributed by atoms with Crippen LogP contribution in [-0.4, -0.2) is 5.11 Å². The SMILES string of the molecule is CCc1cccc(C(O)c2ccccc2N)c1. The van der Waals surface area contributed by atoms with Crippen molar-refractivity contribution < 1.29 is 5.11 Å². The second-order valence-corrected chi connectivity index (χ2v) is 4.13. The van der Waals surface area contributed by atoms with Crippen molar-refractivity contribution in [3.05, 3.63) is 65.2 Å². The van der Waals surface area contributed by atoms with Gasteiger partial charge in [0, 0.05) is 11.3 Å². The lowest BCUT2D eigenvalue weighted by Gasteiger charge is -2.14. The lowest BCUT2D eigenvalue weighted by Crippen LogP contribution is -2.03. The van der Waals surface area contributed by atoms with E-state index in [-0.39, 0.29) is 0 Å². The first-order chi connectivity index (χ1) is 8.22. The van der Waals surface area contributed by atoms with Crippen molar-refractivity contribution in [2.75, 3.05) is 5.73 Å². The molecule has 1 unspecified atom stereocenters. The fraction of sp³-hybridized carbons (Fsp3) is 0.200. The maximum atomic E-state index is 10.3. The molecule has 2 heteroatoms. The van der Waals surface area contributed by atoms with Gasteiger partial charge in [-0.25, -0.2) is 0 Å². The van der Waals surface area contributed by atoms with E-state index in [9.17, 15) is 5.11 Å². The molecule has 0 aliphatic carbocycles. The minimum Gasteiger partial charge on any atom is -0.398 e. The van der Waals surface area contributed by atoms with Gasteiger partial charge in [0.05, 0.1) is 0 Å². The summed E-state index contributed by atoms with van der Waals surface area (Å²) in [6.07, 6.45) is 0.313. The first-order valence-corrected chi connectivity index (χ1v) is 5.83. The molecule has 2 rings (SSSR count). The highest BCUT2D eigenvalue weighted by Crippen LogP contribution is 2.26. The summed E-state index contributed by atoms with van der Waals surface area (Å²) in [5, 5.41) is 10.3. The molecular formula is C15H17NO. The molecule has 0 aliphatic rings. The summed E-state index contributed by atoms with van der Waals surface area (Å²) in [5.74, 6) is 0. The second kappa shape index (κ2) is 5.02. The number of para-hydroxylation sites is 1. The number of aryl methyl sites for hydroxylation is 1. The Hall–Kier alpha value is -1.80. The predicted molar refractivity (Wildman–Crippen MR) is 70.7 cm³/mol. The van der Waals surface area contributed by atoms with Crippen LogP contribution >= 0.6 is 0 Å². The molecule has 0 radical (unpaired) electrons. The predicted octanol–water partition coefficient (Wildman–Crippen LogP) is 2.91. The average molecular weight is 227 g/mol. The van der Waals surface area contributed by atoms with E-state index in [0.29, 0.717) is 5.69 Å². The Labute approximate surface area is 102 Å². The molecule has 0 amide bonds. The highest BCUT2D eigenvalue weighted by atomic mass is 16.3. The van der Waals surface area contributed by atoms with Crippen molar-refractivity contribution in [3.63, 3.8) is 0 Å². The Morgan fingerprint density at radius 3 is 2.59 bits per heavy atom. The van der Waals surface area contributed by atoms with E-state index in [1.807, 2.05) is 42.5 Å². The normalized spacial score (nSPS) is 12.4. The largest absolute Gasteiger partial charge is 0.398 e. The standard InChI is InChI=1S/C15H17NO/c1-2-11-6-5-7-12(10-11)15(17)13-8-3-4-9-14(13)16/h3-10,15,17H,2,16H2,1H3. The van der Waals surface area contributed by atoms with Crippen molar-refractivity contribution in [2.24, 2.45) is 0 Å². The van der Waals surface area contributed by atoms with Crippen LogP contribution in [0.1, 0.15) is 29.7 Å². The van der Waals surface area contributed by atoms with Crippen LogP contribution < -0.4 is 5.73 Å². The number of rotatable bonds is 3. The van der Waals surface area contributed by atoms with Gasteiger partial charge in [-0.1, -0.05) is 49.4 Å². The topological polar surface area (TPSA) is 46.2 Å². The van der Waals surface area contributed by atoms with Crippen molar-refractivity contribution in [1.29, 1.82) is 0 Å². The van der Waals surface area contributed by atoms with Crippen molar-refractivity contribution in [3.8, 4) is 0 Å². The lowest BCUT2D eigenvalue weighted by atomic mass is 9.98. The van der Waals surface area contributed by atoms with Gasteiger partial charge in [-0.3, -0.25) is 0 Å². The Bertz CT molecular complexity index is 508. The molecule has 0 aromatic heterocycles. The van der Waals surface area contributed by atoms with Gasteiger partial charge in [0.2, 0.25) is 0 Å². The molecule has 2 aromatic rings. The van der Waals surface area contributed by atoms with Gasteiger partial charge < -0.3 is 10.8 Å². The maximum absolute atomic E-state index is 10.3. The fourth-order valence-corrected chi connectivity index (χ4v) is 1.92. The molecule has 0 aliphatic heterocycles. The van der Waals surface area contributed by atoms with Crippen LogP contribution in [0.5, 0.6) is 0 Å². The van der Waals surface area contributed by atoms with Crippen LogP contribution in [0, 0.1) is 0 Å². The molecule has 17 heavy (non-hydrogen) atoms. The van der Waals surface area contributed by atoms with Gasteiger partial charge in [0.15, 0.2) is 0 Å². The second-order valence-electron chi connectivity index (χ2n) is 4.13. The maximum Gasteiger partial charge on any atom is 0.106 e. The smallest absolute Gasteiger partial charge is 0.106 e. The third kappa shape index (κ3) is 2.48. The van der Waals surface area contributed by atoms with Crippen molar-refractivity contribution >= 4 is 5.69 Å². The first-order valence-electron chi connectivity index (χ1n) is 5.83. The van der Waals surface area contributed by atoms with Gasteiger partial charge in [0.1, 0.15) is 6.10 Å². The Morgan fingerprint density at radius 1 is 1.12 bits per heavy atom. The summed E-state index contributed by atoms with van der Waals surface area (Å²) >= 11 is 0. The zero-order chi connectivity index (χ0) is 12.3. The third-order valence-corrected chi connectivity index (χ3v) is 2.97. The minimum atomic E-state index is -0.650. The zero-order valence-electron chi connectivity index (χ0n) is 9.93. The third-order valence-electron chi connectivity index (χ3n) is 2.97. The van der Waals surface area contributed by atoms with Crippen LogP contribution in [0.3, 0.4) is 0 Å². The van der Waals surface area contributed by atoms with E-state index in [2.05, 4.69) is 13.0 Å². The quantitative estimate of drug-likeness (QED) is 0.792. The number of aliphatic hydroxyl groups excluding tert-OH is 1. The number of nitrogen functional groups attached to an aromatic ring is 1. The molecule has 3 N–H and O–H groups in total. The molecule has 0 spiro atoms. The highest BCUT2D eigenvalue weighted by Gasteiger charge is 2.12. The van der Waals surface area contributed by atoms with Crippen LogP contribution in [0.2, 0.25) is 0 Å². The Kier molecular flexibility index (Phi) is 3.45. The molecule has 0 heterocycles. The van der Waals surface area contributed by atoms with Crippen LogP contribution in [-0.2, 0) is 6.42 Å². The fourth-order valence-electron chi connectivity index (χ4n) is 1.92. The molecular weight excluding hydrogens is 210 g/mol. The summed E-state index contributed by atoms with van der Waals surface area (Å²) in [7, 11) is 0. The van der Waals surface area contributed by atoms with Crippen LogP contribution in [0.25, 0.3) is 0 Å². The average Bonchev–Trinajstić information content (AvgIpc) is 2.38. The monoisotopic (exact) mass is 227 g/mol. The van der Waals surface area contributed by atoms with E-state index in [1.165, 1.54) is 5.56 Å².